The molecule has 1 aromatic carbocycles. The summed E-state index contributed by atoms with van der Waals surface area (Å²) in [6.45, 7) is 1.91. The van der Waals surface area contributed by atoms with Gasteiger partial charge in [-0.1, -0.05) is 17.7 Å². The van der Waals surface area contributed by atoms with E-state index in [2.05, 4.69) is 30.5 Å². The molecule has 3 heterocycles. The Bertz CT molecular complexity index is 1110. The second-order valence-corrected chi connectivity index (χ2v) is 7.93. The Labute approximate surface area is 176 Å². The van der Waals surface area contributed by atoms with E-state index in [1.807, 2.05) is 24.0 Å². The van der Waals surface area contributed by atoms with Gasteiger partial charge >= 0.3 is 0 Å². The first kappa shape index (κ1) is 18.8. The number of anilines is 2. The van der Waals surface area contributed by atoms with Gasteiger partial charge in [0, 0.05) is 17.3 Å². The lowest BCUT2D eigenvalue weighted by atomic mass is 10.1. The molecule has 2 aliphatic rings. The minimum absolute atomic E-state index is 0.143. The Balaban J connectivity index is 1.38. The summed E-state index contributed by atoms with van der Waals surface area (Å²) in [5.74, 6) is 0.625. The van der Waals surface area contributed by atoms with E-state index in [9.17, 15) is 9.18 Å². The normalized spacial score (nSPS) is 22.0. The highest BCUT2D eigenvalue weighted by Gasteiger charge is 2.55. The molecule has 5 rings (SSSR count). The van der Waals surface area contributed by atoms with Gasteiger partial charge in [-0.25, -0.2) is 19.3 Å². The molecule has 2 fully saturated rings. The maximum Gasteiger partial charge on any atom is 0.247 e. The van der Waals surface area contributed by atoms with Crippen molar-refractivity contribution < 1.29 is 9.18 Å². The van der Waals surface area contributed by atoms with E-state index in [1.165, 1.54) is 6.20 Å². The molecule has 1 unspecified atom stereocenters. The third-order valence-corrected chi connectivity index (χ3v) is 5.70. The van der Waals surface area contributed by atoms with E-state index in [-0.39, 0.29) is 23.1 Å². The average Bonchev–Trinajstić information content (AvgIpc) is 3.41. The summed E-state index contributed by atoms with van der Waals surface area (Å²) in [7, 11) is 0. The van der Waals surface area contributed by atoms with E-state index in [0.29, 0.717) is 23.4 Å². The molecule has 1 saturated heterocycles. The van der Waals surface area contributed by atoms with Crippen LogP contribution in [0.15, 0.2) is 36.8 Å². The number of nitrogens with one attached hydrogen (secondary N) is 1. The lowest BCUT2D eigenvalue weighted by Crippen LogP contribution is -2.43. The Hall–Kier alpha value is -3.20. The average molecular weight is 426 g/mol. The van der Waals surface area contributed by atoms with E-state index in [1.54, 1.807) is 6.07 Å². The van der Waals surface area contributed by atoms with Crippen molar-refractivity contribution >= 4 is 29.1 Å². The van der Waals surface area contributed by atoms with Gasteiger partial charge in [-0.15, -0.1) is 10.2 Å². The summed E-state index contributed by atoms with van der Waals surface area (Å²) < 4.78 is 13.2. The Morgan fingerprint density at radius 3 is 2.70 bits per heavy atom. The number of piperidine rings is 1. The first-order chi connectivity index (χ1) is 14.5. The van der Waals surface area contributed by atoms with Crippen LogP contribution in [0.1, 0.15) is 18.4 Å². The molecule has 1 aliphatic heterocycles. The summed E-state index contributed by atoms with van der Waals surface area (Å²) in [5.41, 5.74) is 2.26. The maximum atomic E-state index is 13.2. The summed E-state index contributed by atoms with van der Waals surface area (Å²) in [6, 6.07) is 5.35. The summed E-state index contributed by atoms with van der Waals surface area (Å²) in [6.07, 6.45) is 5.43. The predicted molar refractivity (Wildman–Crippen MR) is 108 cm³/mol. The fourth-order valence-electron chi connectivity index (χ4n) is 3.97. The maximum absolute atomic E-state index is 13.2. The van der Waals surface area contributed by atoms with Gasteiger partial charge < -0.3 is 10.2 Å². The first-order valence-corrected chi connectivity index (χ1v) is 9.90. The van der Waals surface area contributed by atoms with Crippen LogP contribution >= 0.6 is 11.6 Å². The van der Waals surface area contributed by atoms with Gasteiger partial charge in [0.15, 0.2) is 16.8 Å². The SMILES string of the molecule is Cc1ccc(NC(=O)[C@H]2CC3C[C@H]3N2c2ncc(Cl)nn2)cc1-c1ncc(F)cn1. The molecule has 3 aromatic rings. The molecule has 0 spiro atoms. The van der Waals surface area contributed by atoms with Crippen molar-refractivity contribution in [3.63, 3.8) is 0 Å². The van der Waals surface area contributed by atoms with Crippen molar-refractivity contribution in [2.75, 3.05) is 10.2 Å². The van der Waals surface area contributed by atoms with Crippen LogP contribution in [0, 0.1) is 18.7 Å². The van der Waals surface area contributed by atoms with E-state index < -0.39 is 5.82 Å². The number of carbonyl (C=O) groups is 1. The monoisotopic (exact) mass is 425 g/mol. The zero-order chi connectivity index (χ0) is 20.8. The largest absolute Gasteiger partial charge is 0.324 e. The zero-order valence-electron chi connectivity index (χ0n) is 16.0. The molecular formula is C20H17ClFN7O. The molecule has 1 saturated carbocycles. The number of rotatable bonds is 4. The number of carbonyl (C=O) groups excluding carboxylic acids is 1. The standard InChI is InChI=1S/C20H17ClFN7O/c1-10-2-3-13(6-14(10)18-23-7-12(22)8-24-18)26-19(30)16-5-11-4-15(11)29(16)20-25-9-17(21)27-28-20/h2-3,6-9,11,15-16H,4-5H2,1H3,(H,26,30)/t11?,15-,16-/m1/s1. The van der Waals surface area contributed by atoms with E-state index in [0.717, 1.165) is 36.4 Å². The van der Waals surface area contributed by atoms with Gasteiger partial charge in [-0.3, -0.25) is 4.79 Å². The minimum atomic E-state index is -0.500. The van der Waals surface area contributed by atoms with Crippen molar-refractivity contribution in [2.45, 2.75) is 31.8 Å². The molecule has 1 amide bonds. The van der Waals surface area contributed by atoms with Crippen LogP contribution in [0.4, 0.5) is 16.0 Å². The molecule has 8 nitrogen and oxygen atoms in total. The van der Waals surface area contributed by atoms with Gasteiger partial charge in [0.25, 0.3) is 0 Å². The number of amides is 1. The first-order valence-electron chi connectivity index (χ1n) is 9.52. The van der Waals surface area contributed by atoms with Crippen molar-refractivity contribution in [3.05, 3.63) is 53.3 Å². The number of aryl methyl sites for hydroxylation is 1. The van der Waals surface area contributed by atoms with Crippen molar-refractivity contribution in [2.24, 2.45) is 5.92 Å². The highest BCUT2D eigenvalue weighted by atomic mass is 35.5. The predicted octanol–water partition coefficient (Wildman–Crippen LogP) is 3.04. The van der Waals surface area contributed by atoms with Crippen LogP contribution in [0.3, 0.4) is 0 Å². The Kier molecular flexibility index (Phi) is 4.54. The van der Waals surface area contributed by atoms with Crippen LogP contribution < -0.4 is 10.2 Å². The summed E-state index contributed by atoms with van der Waals surface area (Å²) >= 11 is 5.79. The highest BCUT2D eigenvalue weighted by Crippen LogP contribution is 2.49. The van der Waals surface area contributed by atoms with Gasteiger partial charge in [0.1, 0.15) is 6.04 Å². The zero-order valence-corrected chi connectivity index (χ0v) is 16.7. The van der Waals surface area contributed by atoms with E-state index >= 15 is 0 Å². The fraction of sp³-hybridized carbons (Fsp3) is 0.300. The van der Waals surface area contributed by atoms with Gasteiger partial charge in [-0.2, -0.15) is 0 Å². The molecule has 1 aliphatic carbocycles. The van der Waals surface area contributed by atoms with Crippen LogP contribution in [0.25, 0.3) is 11.4 Å². The number of nitrogens with zero attached hydrogens (tertiary/aromatic N) is 6. The smallest absolute Gasteiger partial charge is 0.247 e. The molecule has 3 atom stereocenters. The lowest BCUT2D eigenvalue weighted by molar-refractivity contribution is -0.117. The molecule has 2 aromatic heterocycles. The van der Waals surface area contributed by atoms with E-state index in [4.69, 9.17) is 11.6 Å². The number of aromatic nitrogens is 5. The summed E-state index contributed by atoms with van der Waals surface area (Å²) in [4.78, 5) is 27.3. The number of hydrogen-bond donors (Lipinski definition) is 1. The third-order valence-electron chi connectivity index (χ3n) is 5.53. The lowest BCUT2D eigenvalue weighted by Gasteiger charge is -2.26. The Morgan fingerprint density at radius 2 is 1.97 bits per heavy atom. The highest BCUT2D eigenvalue weighted by molar-refractivity contribution is 6.29. The van der Waals surface area contributed by atoms with Gasteiger partial charge in [0.2, 0.25) is 11.9 Å². The van der Waals surface area contributed by atoms with Gasteiger partial charge in [-0.05, 0) is 43.4 Å². The van der Waals surface area contributed by atoms with Crippen LogP contribution in [0.5, 0.6) is 0 Å². The van der Waals surface area contributed by atoms with Crippen LogP contribution in [-0.2, 0) is 4.79 Å². The second-order valence-electron chi connectivity index (χ2n) is 7.55. The second kappa shape index (κ2) is 7.24. The molecule has 0 bridgehead atoms. The number of fused-ring (bicyclic) bond motifs is 1. The third kappa shape index (κ3) is 3.45. The Morgan fingerprint density at radius 1 is 1.17 bits per heavy atom. The minimum Gasteiger partial charge on any atom is -0.324 e. The van der Waals surface area contributed by atoms with Gasteiger partial charge in [0.05, 0.1) is 18.6 Å². The molecule has 0 radical (unpaired) electrons. The molecule has 1 N–H and O–H groups in total. The number of hydrogen-bond acceptors (Lipinski definition) is 7. The van der Waals surface area contributed by atoms with Crippen LogP contribution in [0.2, 0.25) is 5.15 Å². The topological polar surface area (TPSA) is 96.8 Å². The molecular weight excluding hydrogens is 409 g/mol. The quantitative estimate of drug-likeness (QED) is 0.686. The van der Waals surface area contributed by atoms with Crippen LogP contribution in [-0.4, -0.2) is 43.1 Å². The molecule has 30 heavy (non-hydrogen) atoms. The molecule has 152 valence electrons. The fourth-order valence-corrected chi connectivity index (χ4v) is 4.06. The van der Waals surface area contributed by atoms with Crippen molar-refractivity contribution in [1.29, 1.82) is 0 Å². The number of halogens is 2. The van der Waals surface area contributed by atoms with Crippen molar-refractivity contribution in [1.82, 2.24) is 25.1 Å². The van der Waals surface area contributed by atoms with Crippen molar-refractivity contribution in [3.8, 4) is 11.4 Å². The molecule has 10 heteroatoms. The number of benzene rings is 1. The summed E-state index contributed by atoms with van der Waals surface area (Å²) in [5, 5.41) is 11.1.